The smallest absolute Gasteiger partial charge is 0.276 e. The zero-order valence-corrected chi connectivity index (χ0v) is 17.1. The van der Waals surface area contributed by atoms with Gasteiger partial charge in [0.25, 0.3) is 11.5 Å². The summed E-state index contributed by atoms with van der Waals surface area (Å²) in [5.74, 6) is 0.370. The van der Waals surface area contributed by atoms with Crippen molar-refractivity contribution < 1.29 is 14.3 Å². The van der Waals surface area contributed by atoms with Crippen LogP contribution in [0.4, 0.5) is 0 Å². The molecule has 0 unspecified atom stereocenters. The first-order chi connectivity index (χ1) is 13.4. The van der Waals surface area contributed by atoms with Crippen molar-refractivity contribution in [3.63, 3.8) is 0 Å². The number of carbonyl (C=O) groups excluding carboxylic acids is 1. The molecule has 0 saturated heterocycles. The maximum absolute atomic E-state index is 12.2. The summed E-state index contributed by atoms with van der Waals surface area (Å²) in [6.07, 6.45) is 2.99. The van der Waals surface area contributed by atoms with Crippen LogP contribution in [-0.4, -0.2) is 29.4 Å². The Morgan fingerprint density at radius 2 is 2.11 bits per heavy atom. The van der Waals surface area contributed by atoms with Crippen LogP contribution in [0.15, 0.2) is 40.4 Å². The van der Waals surface area contributed by atoms with Crippen molar-refractivity contribution in [3.8, 4) is 11.5 Å². The number of ether oxygens (including phenoxy) is 2. The van der Waals surface area contributed by atoms with E-state index in [0.29, 0.717) is 35.2 Å². The van der Waals surface area contributed by atoms with Gasteiger partial charge in [-0.3, -0.25) is 9.59 Å². The van der Waals surface area contributed by atoms with Gasteiger partial charge < -0.3 is 14.0 Å². The topological polar surface area (TPSA) is 81.9 Å². The molecule has 1 N–H and O–H groups in total. The molecule has 7 nitrogen and oxygen atoms in total. The van der Waals surface area contributed by atoms with E-state index in [1.54, 1.807) is 24.4 Å². The molecule has 1 aromatic carbocycles. The van der Waals surface area contributed by atoms with Crippen molar-refractivity contribution in [1.82, 2.24) is 9.99 Å². The molecule has 28 heavy (non-hydrogen) atoms. The quantitative estimate of drug-likeness (QED) is 0.538. The zero-order valence-electron chi connectivity index (χ0n) is 16.4. The lowest BCUT2D eigenvalue weighted by Crippen LogP contribution is -2.30. The van der Waals surface area contributed by atoms with Crippen molar-refractivity contribution >= 4 is 23.7 Å². The Labute approximate surface area is 168 Å². The molecule has 150 valence electrons. The molecule has 8 heteroatoms. The first-order valence-electron chi connectivity index (χ1n) is 9.03. The molecule has 1 heterocycles. The van der Waals surface area contributed by atoms with Gasteiger partial charge in [0.05, 0.1) is 23.9 Å². The third-order valence-corrected chi connectivity index (χ3v) is 3.95. The monoisotopic (exact) mass is 405 g/mol. The van der Waals surface area contributed by atoms with E-state index < -0.39 is 5.91 Å². The Kier molecular flexibility index (Phi) is 7.63. The molecule has 0 aliphatic rings. The largest absolute Gasteiger partial charge is 0.490 e. The second-order valence-corrected chi connectivity index (χ2v) is 6.55. The van der Waals surface area contributed by atoms with Crippen LogP contribution in [0.1, 0.15) is 43.6 Å². The van der Waals surface area contributed by atoms with Crippen molar-refractivity contribution in [1.29, 1.82) is 0 Å². The second-order valence-electron chi connectivity index (χ2n) is 6.14. The van der Waals surface area contributed by atoms with E-state index in [2.05, 4.69) is 10.5 Å². The van der Waals surface area contributed by atoms with Crippen molar-refractivity contribution in [3.05, 3.63) is 57.0 Å². The number of amides is 1. The molecule has 1 aromatic heterocycles. The molecule has 0 fully saturated rings. The highest BCUT2D eigenvalue weighted by atomic mass is 35.5. The third-order valence-electron chi connectivity index (χ3n) is 3.67. The predicted octanol–water partition coefficient (Wildman–Crippen LogP) is 3.47. The summed E-state index contributed by atoms with van der Waals surface area (Å²) in [7, 11) is 0. The number of hydrazone groups is 1. The summed E-state index contributed by atoms with van der Waals surface area (Å²) >= 11 is 6.31. The van der Waals surface area contributed by atoms with Gasteiger partial charge in [0.1, 0.15) is 5.56 Å². The van der Waals surface area contributed by atoms with Gasteiger partial charge in [-0.1, -0.05) is 11.6 Å². The standard InChI is InChI=1S/C20H24ClN3O4/c1-5-24-9-7-8-15(20(24)26)19(25)23-22-12-14-10-16(21)18(28-13(3)4)17(11-14)27-6-2/h7-13H,5-6H2,1-4H3,(H,23,25)/b22-12-. The lowest BCUT2D eigenvalue weighted by molar-refractivity contribution is 0.0953. The minimum absolute atomic E-state index is 0.0234. The van der Waals surface area contributed by atoms with Gasteiger partial charge in [-0.05, 0) is 57.5 Å². The fraction of sp³-hybridized carbons (Fsp3) is 0.350. The number of nitrogens with one attached hydrogen (secondary N) is 1. The first-order valence-corrected chi connectivity index (χ1v) is 9.41. The Balaban J connectivity index is 2.20. The number of benzene rings is 1. The van der Waals surface area contributed by atoms with Crippen LogP contribution in [-0.2, 0) is 6.54 Å². The molecule has 1 amide bonds. The number of aryl methyl sites for hydroxylation is 1. The van der Waals surface area contributed by atoms with Gasteiger partial charge in [0.15, 0.2) is 11.5 Å². The molecule has 0 spiro atoms. The zero-order chi connectivity index (χ0) is 20.7. The molecule has 2 aromatic rings. The van der Waals surface area contributed by atoms with E-state index in [9.17, 15) is 9.59 Å². The number of hydrogen-bond donors (Lipinski definition) is 1. The molecular formula is C20H24ClN3O4. The van der Waals surface area contributed by atoms with Crippen LogP contribution in [0.3, 0.4) is 0 Å². The van der Waals surface area contributed by atoms with Crippen LogP contribution in [0.25, 0.3) is 0 Å². The fourth-order valence-electron chi connectivity index (χ4n) is 2.46. The normalized spacial score (nSPS) is 11.1. The molecule has 0 aliphatic carbocycles. The lowest BCUT2D eigenvalue weighted by Gasteiger charge is -2.16. The highest BCUT2D eigenvalue weighted by Gasteiger charge is 2.14. The van der Waals surface area contributed by atoms with E-state index in [4.69, 9.17) is 21.1 Å². The Morgan fingerprint density at radius 3 is 2.75 bits per heavy atom. The van der Waals surface area contributed by atoms with Gasteiger partial charge >= 0.3 is 0 Å². The van der Waals surface area contributed by atoms with E-state index in [1.165, 1.54) is 16.8 Å². The molecule has 0 bridgehead atoms. The molecule has 0 radical (unpaired) electrons. The minimum atomic E-state index is -0.583. The number of nitrogens with zero attached hydrogens (tertiary/aromatic N) is 2. The van der Waals surface area contributed by atoms with Gasteiger partial charge in [-0.15, -0.1) is 0 Å². The summed E-state index contributed by atoms with van der Waals surface area (Å²) < 4.78 is 12.8. The summed E-state index contributed by atoms with van der Waals surface area (Å²) in [6, 6.07) is 6.48. The number of hydrogen-bond acceptors (Lipinski definition) is 5. The number of pyridine rings is 1. The summed E-state index contributed by atoms with van der Waals surface area (Å²) in [5, 5.41) is 4.30. The molecule has 0 atom stereocenters. The van der Waals surface area contributed by atoms with Gasteiger partial charge in [-0.25, -0.2) is 5.43 Å². The van der Waals surface area contributed by atoms with Crippen LogP contribution in [0, 0.1) is 0 Å². The van der Waals surface area contributed by atoms with E-state index >= 15 is 0 Å². The molecule has 2 rings (SSSR count). The highest BCUT2D eigenvalue weighted by molar-refractivity contribution is 6.32. The lowest BCUT2D eigenvalue weighted by atomic mass is 10.2. The fourth-order valence-corrected chi connectivity index (χ4v) is 2.72. The first kappa shape index (κ1) is 21.5. The molecule has 0 saturated carbocycles. The maximum Gasteiger partial charge on any atom is 0.276 e. The van der Waals surface area contributed by atoms with E-state index in [0.717, 1.165) is 0 Å². The van der Waals surface area contributed by atoms with Crippen molar-refractivity contribution in [2.24, 2.45) is 5.10 Å². The Morgan fingerprint density at radius 1 is 1.36 bits per heavy atom. The molecular weight excluding hydrogens is 382 g/mol. The third kappa shape index (κ3) is 5.36. The average Bonchev–Trinajstić information content (AvgIpc) is 2.64. The summed E-state index contributed by atoms with van der Waals surface area (Å²) in [5.41, 5.74) is 2.63. The minimum Gasteiger partial charge on any atom is -0.490 e. The van der Waals surface area contributed by atoms with Gasteiger partial charge in [-0.2, -0.15) is 5.10 Å². The predicted molar refractivity (Wildman–Crippen MR) is 110 cm³/mol. The average molecular weight is 406 g/mol. The maximum atomic E-state index is 12.2. The Bertz CT molecular complexity index is 922. The summed E-state index contributed by atoms with van der Waals surface area (Å²) in [6.45, 7) is 8.40. The highest BCUT2D eigenvalue weighted by Crippen LogP contribution is 2.37. The van der Waals surface area contributed by atoms with Crippen LogP contribution in [0.2, 0.25) is 5.02 Å². The second kappa shape index (κ2) is 9.94. The number of aromatic nitrogens is 1. The Hall–Kier alpha value is -2.80. The van der Waals surface area contributed by atoms with Crippen LogP contribution < -0.4 is 20.5 Å². The van der Waals surface area contributed by atoms with E-state index in [1.807, 2.05) is 27.7 Å². The van der Waals surface area contributed by atoms with E-state index in [-0.39, 0.29) is 17.2 Å². The number of halogens is 1. The number of carbonyl (C=O) groups is 1. The van der Waals surface area contributed by atoms with Gasteiger partial charge in [0, 0.05) is 12.7 Å². The number of rotatable bonds is 8. The SMILES string of the molecule is CCOc1cc(/C=N\NC(=O)c2cccn(CC)c2=O)cc(Cl)c1OC(C)C. The van der Waals surface area contributed by atoms with Crippen molar-refractivity contribution in [2.45, 2.75) is 40.3 Å². The van der Waals surface area contributed by atoms with Crippen LogP contribution in [0.5, 0.6) is 11.5 Å². The van der Waals surface area contributed by atoms with Crippen molar-refractivity contribution in [2.75, 3.05) is 6.61 Å². The molecule has 0 aliphatic heterocycles. The van der Waals surface area contributed by atoms with Crippen LogP contribution >= 0.6 is 11.6 Å². The van der Waals surface area contributed by atoms with Gasteiger partial charge in [0.2, 0.25) is 0 Å². The summed E-state index contributed by atoms with van der Waals surface area (Å²) in [4.78, 5) is 24.4.